The molecule has 0 aromatic heterocycles. The zero-order valence-electron chi connectivity index (χ0n) is 7.01. The van der Waals surface area contributed by atoms with Crippen molar-refractivity contribution in [1.29, 1.82) is 5.26 Å². The third-order valence-electron chi connectivity index (χ3n) is 1.51. The van der Waals surface area contributed by atoms with Crippen LogP contribution in [-0.2, 0) is 6.42 Å². The van der Waals surface area contributed by atoms with E-state index in [0.717, 1.165) is 0 Å². The average Bonchev–Trinajstić information content (AvgIpc) is 2.09. The van der Waals surface area contributed by atoms with E-state index >= 15 is 0 Å². The maximum atomic E-state index is 11.9. The van der Waals surface area contributed by atoms with Crippen molar-refractivity contribution in [2.75, 3.05) is 0 Å². The second-order valence-electron chi connectivity index (χ2n) is 2.47. The fourth-order valence-corrected chi connectivity index (χ4v) is 1.13. The van der Waals surface area contributed by atoms with Crippen molar-refractivity contribution in [2.24, 2.45) is 0 Å². The van der Waals surface area contributed by atoms with Crippen molar-refractivity contribution in [3.8, 4) is 11.8 Å². The molecule has 0 atom stereocenters. The average molecular weight is 218 g/mol. The highest BCUT2D eigenvalue weighted by Crippen LogP contribution is 2.25. The molecule has 0 aliphatic heterocycles. The van der Waals surface area contributed by atoms with Crippen LogP contribution in [0.1, 0.15) is 5.56 Å². The van der Waals surface area contributed by atoms with Gasteiger partial charge in [0.2, 0.25) is 0 Å². The first-order valence-corrected chi connectivity index (χ1v) is 4.11. The molecule has 0 bridgehead atoms. The molecular formula is C9H6ClF2NO. The summed E-state index contributed by atoms with van der Waals surface area (Å²) in [6.07, 6.45) is 0.0131. The lowest BCUT2D eigenvalue weighted by molar-refractivity contribution is -0.0503. The quantitative estimate of drug-likeness (QED) is 0.780. The topological polar surface area (TPSA) is 33.0 Å². The van der Waals surface area contributed by atoms with E-state index in [0.29, 0.717) is 10.6 Å². The maximum Gasteiger partial charge on any atom is 0.387 e. The van der Waals surface area contributed by atoms with Crippen molar-refractivity contribution >= 4 is 11.6 Å². The molecule has 0 saturated carbocycles. The first-order valence-electron chi connectivity index (χ1n) is 3.73. The van der Waals surface area contributed by atoms with Gasteiger partial charge >= 0.3 is 6.61 Å². The van der Waals surface area contributed by atoms with Gasteiger partial charge in [-0.25, -0.2) is 0 Å². The van der Waals surface area contributed by atoms with E-state index in [-0.39, 0.29) is 12.2 Å². The molecule has 0 amide bonds. The molecule has 0 radical (unpaired) electrons. The first-order chi connectivity index (χ1) is 6.63. The van der Waals surface area contributed by atoms with Crippen LogP contribution in [0.25, 0.3) is 0 Å². The zero-order chi connectivity index (χ0) is 10.6. The summed E-state index contributed by atoms with van der Waals surface area (Å²) in [6, 6.07) is 6.12. The molecule has 5 heteroatoms. The first kappa shape index (κ1) is 10.7. The predicted octanol–water partition coefficient (Wildman–Crippen LogP) is 3.01. The van der Waals surface area contributed by atoms with E-state index < -0.39 is 6.61 Å². The number of ether oxygens (including phenoxy) is 1. The van der Waals surface area contributed by atoms with E-state index in [1.807, 2.05) is 6.07 Å². The van der Waals surface area contributed by atoms with Gasteiger partial charge in [0.05, 0.1) is 12.5 Å². The third kappa shape index (κ3) is 2.86. The standard InChI is InChI=1S/C9H6ClF2NO/c10-7-2-1-6(3-4-13)8(5-7)14-9(11)12/h1-2,5,9H,3H2. The Kier molecular flexibility index (Phi) is 3.66. The number of halogens is 3. The predicted molar refractivity (Wildman–Crippen MR) is 47.4 cm³/mol. The van der Waals surface area contributed by atoms with Crippen LogP contribution < -0.4 is 4.74 Å². The number of nitriles is 1. The smallest absolute Gasteiger partial charge is 0.387 e. The van der Waals surface area contributed by atoms with Gasteiger partial charge in [-0.2, -0.15) is 14.0 Å². The van der Waals surface area contributed by atoms with Gasteiger partial charge in [-0.05, 0) is 12.1 Å². The van der Waals surface area contributed by atoms with Gasteiger partial charge in [-0.3, -0.25) is 0 Å². The van der Waals surface area contributed by atoms with Gasteiger partial charge in [0.15, 0.2) is 0 Å². The molecule has 2 nitrogen and oxygen atoms in total. The molecule has 0 saturated heterocycles. The van der Waals surface area contributed by atoms with E-state index in [9.17, 15) is 8.78 Å². The highest BCUT2D eigenvalue weighted by atomic mass is 35.5. The Morgan fingerprint density at radius 1 is 1.50 bits per heavy atom. The minimum atomic E-state index is -2.91. The SMILES string of the molecule is N#CCc1ccc(Cl)cc1OC(F)F. The Morgan fingerprint density at radius 2 is 2.21 bits per heavy atom. The van der Waals surface area contributed by atoms with Crippen molar-refractivity contribution in [3.05, 3.63) is 28.8 Å². The Bertz CT molecular complexity index is 362. The van der Waals surface area contributed by atoms with Gasteiger partial charge in [0, 0.05) is 10.6 Å². The Labute approximate surface area is 84.7 Å². The van der Waals surface area contributed by atoms with Crippen LogP contribution in [0.3, 0.4) is 0 Å². The molecule has 1 aromatic rings. The lowest BCUT2D eigenvalue weighted by Gasteiger charge is -2.08. The largest absolute Gasteiger partial charge is 0.434 e. The normalized spacial score (nSPS) is 9.93. The van der Waals surface area contributed by atoms with E-state index in [1.54, 1.807) is 0 Å². The van der Waals surface area contributed by atoms with Crippen molar-refractivity contribution < 1.29 is 13.5 Å². The second-order valence-corrected chi connectivity index (χ2v) is 2.90. The summed E-state index contributed by atoms with van der Waals surface area (Å²) in [5.74, 6) is -0.0472. The van der Waals surface area contributed by atoms with Crippen molar-refractivity contribution in [3.63, 3.8) is 0 Å². The zero-order valence-corrected chi connectivity index (χ0v) is 7.76. The molecule has 0 heterocycles. The van der Waals surface area contributed by atoms with Crippen molar-refractivity contribution in [1.82, 2.24) is 0 Å². The molecule has 0 N–H and O–H groups in total. The fourth-order valence-electron chi connectivity index (χ4n) is 0.965. The fraction of sp³-hybridized carbons (Fsp3) is 0.222. The third-order valence-corrected chi connectivity index (χ3v) is 1.75. The number of hydrogen-bond acceptors (Lipinski definition) is 2. The second kappa shape index (κ2) is 4.77. The summed E-state index contributed by atoms with van der Waals surface area (Å²) in [6.45, 7) is -2.91. The summed E-state index contributed by atoms with van der Waals surface area (Å²) >= 11 is 5.59. The van der Waals surface area contributed by atoms with Gasteiger partial charge in [-0.15, -0.1) is 0 Å². The Morgan fingerprint density at radius 3 is 2.79 bits per heavy atom. The lowest BCUT2D eigenvalue weighted by Crippen LogP contribution is -2.04. The molecule has 74 valence electrons. The number of rotatable bonds is 3. The summed E-state index contributed by atoms with van der Waals surface area (Å²) in [5, 5.41) is 8.72. The van der Waals surface area contributed by atoms with Gasteiger partial charge in [0.1, 0.15) is 5.75 Å². The van der Waals surface area contributed by atoms with Crippen LogP contribution >= 0.6 is 11.6 Å². The van der Waals surface area contributed by atoms with Crippen LogP contribution in [0.2, 0.25) is 5.02 Å². The Balaban J connectivity index is 2.97. The van der Waals surface area contributed by atoms with Crippen LogP contribution in [0.15, 0.2) is 18.2 Å². The Hall–Kier alpha value is -1.34. The minimum Gasteiger partial charge on any atom is -0.434 e. The van der Waals surface area contributed by atoms with E-state index in [2.05, 4.69) is 4.74 Å². The molecular weight excluding hydrogens is 212 g/mol. The van der Waals surface area contributed by atoms with Crippen LogP contribution in [0.4, 0.5) is 8.78 Å². The summed E-state index contributed by atoms with van der Waals surface area (Å²) < 4.78 is 28.1. The maximum absolute atomic E-state index is 11.9. The van der Waals surface area contributed by atoms with Gasteiger partial charge < -0.3 is 4.74 Å². The summed E-state index contributed by atoms with van der Waals surface area (Å²) in [4.78, 5) is 0. The summed E-state index contributed by atoms with van der Waals surface area (Å²) in [5.41, 5.74) is 0.400. The molecule has 0 aliphatic carbocycles. The molecule has 0 aliphatic rings. The van der Waals surface area contributed by atoms with Gasteiger partial charge in [-0.1, -0.05) is 17.7 Å². The van der Waals surface area contributed by atoms with Crippen molar-refractivity contribution in [2.45, 2.75) is 13.0 Å². The molecule has 14 heavy (non-hydrogen) atoms. The highest BCUT2D eigenvalue weighted by Gasteiger charge is 2.09. The van der Waals surface area contributed by atoms with E-state index in [1.165, 1.54) is 18.2 Å². The number of hydrogen-bond donors (Lipinski definition) is 0. The van der Waals surface area contributed by atoms with E-state index in [4.69, 9.17) is 16.9 Å². The minimum absolute atomic E-state index is 0.0131. The van der Waals surface area contributed by atoms with Gasteiger partial charge in [0.25, 0.3) is 0 Å². The van der Waals surface area contributed by atoms with Crippen LogP contribution in [0.5, 0.6) is 5.75 Å². The molecule has 0 unspecified atom stereocenters. The molecule has 1 rings (SSSR count). The highest BCUT2D eigenvalue weighted by molar-refractivity contribution is 6.30. The molecule has 0 fully saturated rings. The number of benzene rings is 1. The number of alkyl halides is 2. The number of nitrogens with zero attached hydrogens (tertiary/aromatic N) is 1. The van der Waals surface area contributed by atoms with Crippen LogP contribution in [-0.4, -0.2) is 6.61 Å². The monoisotopic (exact) mass is 217 g/mol. The lowest BCUT2D eigenvalue weighted by atomic mass is 10.1. The van der Waals surface area contributed by atoms with Crippen LogP contribution in [0, 0.1) is 11.3 Å². The summed E-state index contributed by atoms with van der Waals surface area (Å²) in [7, 11) is 0. The molecule has 1 aromatic carbocycles. The molecule has 0 spiro atoms.